The molecule has 0 radical (unpaired) electrons. The molecule has 19 heavy (non-hydrogen) atoms. The molecule has 108 valence electrons. The fourth-order valence-corrected chi connectivity index (χ4v) is 1.35. The molecule has 0 unspecified atom stereocenters. The van der Waals surface area contributed by atoms with Crippen LogP contribution in [0.1, 0.15) is 5.56 Å². The smallest absolute Gasteiger partial charge is 0.491 e. The van der Waals surface area contributed by atoms with Crippen LogP contribution in [0.25, 0.3) is 0 Å². The second-order valence-corrected chi connectivity index (χ2v) is 3.74. The number of halogens is 6. The van der Waals surface area contributed by atoms with E-state index in [1.165, 1.54) is 6.92 Å². The molecule has 1 rings (SSSR count). The van der Waals surface area contributed by atoms with Crippen LogP contribution in [0.5, 0.6) is 5.75 Å². The van der Waals surface area contributed by atoms with Crippen molar-refractivity contribution in [2.45, 2.75) is 13.3 Å². The van der Waals surface area contributed by atoms with Crippen LogP contribution in [0.15, 0.2) is 18.2 Å². The third-order valence-electron chi connectivity index (χ3n) is 2.18. The number of ether oxygens (including phenoxy) is 2. The van der Waals surface area contributed by atoms with Gasteiger partial charge in [-0.2, -0.15) is 0 Å². The maximum absolute atomic E-state index is 12.4. The molecule has 1 aromatic rings. The lowest BCUT2D eigenvalue weighted by molar-refractivity contribution is -0.325. The first kappa shape index (κ1) is 15.7. The Balaban J connectivity index is 2.57. The zero-order valence-corrected chi connectivity index (χ0v) is 9.81. The standard InChI is InChI=1S/C10H10BF6O2/c1-7-6-8(11(15,16)17)2-3-9(7)18-4-5-19-10(12,13)14/h2-3,6H,4-5H2,1H3/q-1. The average Bonchev–Trinajstić information content (AvgIpc) is 2.23. The summed E-state index contributed by atoms with van der Waals surface area (Å²) in [6.07, 6.45) is -4.75. The quantitative estimate of drug-likeness (QED) is 0.471. The summed E-state index contributed by atoms with van der Waals surface area (Å²) < 4.78 is 80.6. The number of rotatable bonds is 5. The van der Waals surface area contributed by atoms with E-state index in [0.717, 1.165) is 18.2 Å². The van der Waals surface area contributed by atoms with Gasteiger partial charge in [-0.05, 0) is 18.6 Å². The molecule has 0 atom stereocenters. The van der Waals surface area contributed by atoms with Crippen LogP contribution in [-0.2, 0) is 4.74 Å². The van der Waals surface area contributed by atoms with Gasteiger partial charge in [-0.1, -0.05) is 12.1 Å². The largest absolute Gasteiger partial charge is 0.522 e. The van der Waals surface area contributed by atoms with Crippen molar-refractivity contribution in [1.82, 2.24) is 0 Å². The Hall–Kier alpha value is -1.38. The second kappa shape index (κ2) is 5.73. The molecule has 0 fully saturated rings. The van der Waals surface area contributed by atoms with Crippen LogP contribution in [0.3, 0.4) is 0 Å². The van der Waals surface area contributed by atoms with E-state index in [0.29, 0.717) is 0 Å². The summed E-state index contributed by atoms with van der Waals surface area (Å²) >= 11 is 0. The van der Waals surface area contributed by atoms with Crippen LogP contribution < -0.4 is 10.2 Å². The minimum atomic E-state index is -5.10. The van der Waals surface area contributed by atoms with Crippen LogP contribution in [0, 0.1) is 6.92 Å². The summed E-state index contributed by atoms with van der Waals surface area (Å²) in [5.41, 5.74) is -0.583. The highest BCUT2D eigenvalue weighted by atomic mass is 19.4. The van der Waals surface area contributed by atoms with E-state index >= 15 is 0 Å². The number of aryl methyl sites for hydroxylation is 1. The van der Waals surface area contributed by atoms with E-state index in [2.05, 4.69) is 4.74 Å². The third-order valence-corrected chi connectivity index (χ3v) is 2.18. The van der Waals surface area contributed by atoms with Gasteiger partial charge in [0.25, 0.3) is 0 Å². The van der Waals surface area contributed by atoms with Crippen molar-refractivity contribution < 1.29 is 35.6 Å². The molecular formula is C10H10BF6O2-. The van der Waals surface area contributed by atoms with Gasteiger partial charge in [0.1, 0.15) is 12.4 Å². The SMILES string of the molecule is Cc1cc([B-](F)(F)F)ccc1OCCOC(F)(F)F. The van der Waals surface area contributed by atoms with Crippen molar-refractivity contribution in [2.75, 3.05) is 13.2 Å². The van der Waals surface area contributed by atoms with Crippen LogP contribution >= 0.6 is 0 Å². The highest BCUT2D eigenvalue weighted by Gasteiger charge is 2.29. The lowest BCUT2D eigenvalue weighted by Crippen LogP contribution is -2.34. The van der Waals surface area contributed by atoms with Crippen LogP contribution in [-0.4, -0.2) is 26.6 Å². The summed E-state index contributed by atoms with van der Waals surface area (Å²) in [6, 6.07) is 2.79. The predicted octanol–water partition coefficient (Wildman–Crippen LogP) is 2.96. The van der Waals surface area contributed by atoms with Crippen LogP contribution in [0.2, 0.25) is 0 Å². The van der Waals surface area contributed by atoms with E-state index in [1.54, 1.807) is 0 Å². The molecule has 2 nitrogen and oxygen atoms in total. The Morgan fingerprint density at radius 1 is 1.11 bits per heavy atom. The summed E-state index contributed by atoms with van der Waals surface area (Å²) in [5.74, 6) is 0.0922. The summed E-state index contributed by atoms with van der Waals surface area (Å²) in [5, 5.41) is 0. The topological polar surface area (TPSA) is 18.5 Å². The van der Waals surface area contributed by atoms with Crippen molar-refractivity contribution in [2.24, 2.45) is 0 Å². The first-order chi connectivity index (χ1) is 8.59. The Morgan fingerprint density at radius 3 is 2.21 bits per heavy atom. The van der Waals surface area contributed by atoms with Crippen molar-refractivity contribution >= 4 is 12.4 Å². The van der Waals surface area contributed by atoms with Crippen molar-refractivity contribution in [3.63, 3.8) is 0 Å². The molecule has 0 heterocycles. The van der Waals surface area contributed by atoms with Gasteiger partial charge in [0, 0.05) is 0 Å². The van der Waals surface area contributed by atoms with E-state index < -0.39 is 32.0 Å². The number of benzene rings is 1. The Labute approximate surface area is 105 Å². The lowest BCUT2D eigenvalue weighted by atomic mass is 9.79. The Kier molecular flexibility index (Phi) is 4.73. The molecule has 0 N–H and O–H groups in total. The molecule has 0 amide bonds. The molecule has 9 heteroatoms. The summed E-state index contributed by atoms with van der Waals surface area (Å²) in [4.78, 5) is 0. The van der Waals surface area contributed by atoms with Gasteiger partial charge in [0.15, 0.2) is 0 Å². The van der Waals surface area contributed by atoms with Crippen molar-refractivity contribution in [3.05, 3.63) is 23.8 Å². The van der Waals surface area contributed by atoms with E-state index in [9.17, 15) is 26.1 Å². The molecule has 0 aliphatic carbocycles. The summed E-state index contributed by atoms with van der Waals surface area (Å²) in [7, 11) is 0. The highest BCUT2D eigenvalue weighted by Crippen LogP contribution is 2.20. The van der Waals surface area contributed by atoms with Gasteiger partial charge in [0.05, 0.1) is 6.61 Å². The lowest BCUT2D eigenvalue weighted by Gasteiger charge is -2.17. The molecule has 0 spiro atoms. The zero-order valence-electron chi connectivity index (χ0n) is 9.81. The maximum Gasteiger partial charge on any atom is 0.522 e. The molecule has 0 aromatic heterocycles. The Morgan fingerprint density at radius 2 is 1.74 bits per heavy atom. The normalized spacial score (nSPS) is 12.6. The molecule has 0 bridgehead atoms. The Bertz CT molecular complexity index is 429. The number of hydrogen-bond donors (Lipinski definition) is 0. The molecule has 0 aliphatic heterocycles. The van der Waals surface area contributed by atoms with Crippen molar-refractivity contribution in [1.29, 1.82) is 0 Å². The average molecular weight is 287 g/mol. The molecule has 1 aromatic carbocycles. The van der Waals surface area contributed by atoms with Gasteiger partial charge in [-0.3, -0.25) is 4.74 Å². The van der Waals surface area contributed by atoms with Gasteiger partial charge in [-0.25, -0.2) is 0 Å². The summed E-state index contributed by atoms with van der Waals surface area (Å²) in [6.45, 7) is -4.86. The van der Waals surface area contributed by atoms with Crippen molar-refractivity contribution in [3.8, 4) is 5.75 Å². The van der Waals surface area contributed by atoms with Gasteiger partial charge >= 0.3 is 13.3 Å². The third kappa shape index (κ3) is 5.42. The number of alkyl halides is 3. The highest BCUT2D eigenvalue weighted by molar-refractivity contribution is 6.73. The molecule has 0 saturated carbocycles. The first-order valence-corrected chi connectivity index (χ1v) is 5.23. The predicted molar refractivity (Wildman–Crippen MR) is 57.4 cm³/mol. The molecule has 0 saturated heterocycles. The number of hydrogen-bond acceptors (Lipinski definition) is 2. The fraction of sp³-hybridized carbons (Fsp3) is 0.400. The second-order valence-electron chi connectivity index (χ2n) is 3.74. The molecular weight excluding hydrogens is 277 g/mol. The van der Waals surface area contributed by atoms with E-state index in [4.69, 9.17) is 4.74 Å². The van der Waals surface area contributed by atoms with Gasteiger partial charge < -0.3 is 17.7 Å². The maximum atomic E-state index is 12.4. The van der Waals surface area contributed by atoms with Gasteiger partial charge in [-0.15, -0.1) is 18.6 Å². The molecule has 0 aliphatic rings. The minimum absolute atomic E-state index is 0.0922. The monoisotopic (exact) mass is 287 g/mol. The van der Waals surface area contributed by atoms with Gasteiger partial charge in [0.2, 0.25) is 0 Å². The van der Waals surface area contributed by atoms with Crippen LogP contribution in [0.4, 0.5) is 26.1 Å². The van der Waals surface area contributed by atoms with E-state index in [1.807, 2.05) is 0 Å². The van der Waals surface area contributed by atoms with E-state index in [-0.39, 0.29) is 11.3 Å². The fourth-order valence-electron chi connectivity index (χ4n) is 1.35. The minimum Gasteiger partial charge on any atom is -0.491 e. The first-order valence-electron chi connectivity index (χ1n) is 5.23. The zero-order chi connectivity index (χ0) is 14.7.